The minimum atomic E-state index is -0.520. The molecule has 5 heteroatoms. The van der Waals surface area contributed by atoms with Crippen molar-refractivity contribution in [1.29, 1.82) is 5.26 Å². The van der Waals surface area contributed by atoms with E-state index in [2.05, 4.69) is 29.3 Å². The molecule has 214 valence electrons. The van der Waals surface area contributed by atoms with Gasteiger partial charge in [-0.25, -0.2) is 0 Å². The van der Waals surface area contributed by atoms with Crippen LogP contribution in [0, 0.1) is 11.3 Å². The molecule has 0 spiro atoms. The number of azo groups is 1. The number of nitriles is 1. The van der Waals surface area contributed by atoms with Crippen molar-refractivity contribution in [2.24, 2.45) is 10.2 Å². The van der Waals surface area contributed by atoms with E-state index in [1.165, 1.54) is 57.8 Å². The number of phenolic OH excluding ortho intramolecular Hbond substituents is 1. The van der Waals surface area contributed by atoms with Gasteiger partial charge in [-0.05, 0) is 73.9 Å². The maximum absolute atomic E-state index is 10.5. The summed E-state index contributed by atoms with van der Waals surface area (Å²) in [4.78, 5) is 0. The number of benzene rings is 2. The number of aryl methyl sites for hydroxylation is 1. The van der Waals surface area contributed by atoms with Crippen molar-refractivity contribution in [1.82, 2.24) is 0 Å². The van der Waals surface area contributed by atoms with Crippen LogP contribution in [0.15, 0.2) is 58.8 Å². The van der Waals surface area contributed by atoms with E-state index in [1.54, 1.807) is 20.2 Å². The zero-order valence-corrected chi connectivity index (χ0v) is 24.7. The Morgan fingerprint density at radius 2 is 1.54 bits per heavy atom. The molecule has 0 aliphatic rings. The highest BCUT2D eigenvalue weighted by Gasteiger charge is 2.32. The van der Waals surface area contributed by atoms with Crippen LogP contribution in [0.5, 0.6) is 11.5 Å². The van der Waals surface area contributed by atoms with E-state index in [4.69, 9.17) is 4.74 Å². The van der Waals surface area contributed by atoms with Crippen LogP contribution < -0.4 is 4.74 Å². The van der Waals surface area contributed by atoms with Crippen molar-refractivity contribution in [2.75, 3.05) is 14.2 Å². The molecular weight excluding hydrogens is 482 g/mol. The molecule has 0 saturated carbocycles. The first-order valence-electron chi connectivity index (χ1n) is 15.2. The lowest BCUT2D eigenvalue weighted by Gasteiger charge is -2.28. The highest BCUT2D eigenvalue weighted by atomic mass is 16.5. The van der Waals surface area contributed by atoms with Crippen molar-refractivity contribution in [3.63, 3.8) is 0 Å². The first kappa shape index (κ1) is 32.3. The number of ether oxygens (including phenoxy) is 1. The second kappa shape index (κ2) is 19.2. The fourth-order valence-electron chi connectivity index (χ4n) is 5.53. The number of hydrogen-bond donors (Lipinski definition) is 1. The SMILES string of the molecule is CCCCCCCCCCCCC(C#N)(CCCC(CCc1cccc(O)c1)/N=N/C)c1cccc(OC)c1. The summed E-state index contributed by atoms with van der Waals surface area (Å²) in [6, 6.07) is 18.4. The smallest absolute Gasteiger partial charge is 0.119 e. The topological polar surface area (TPSA) is 78.0 Å². The van der Waals surface area contributed by atoms with Gasteiger partial charge in [-0.2, -0.15) is 15.5 Å². The van der Waals surface area contributed by atoms with Gasteiger partial charge in [-0.3, -0.25) is 0 Å². The second-order valence-electron chi connectivity index (χ2n) is 10.9. The van der Waals surface area contributed by atoms with Gasteiger partial charge in [0.05, 0.1) is 24.6 Å². The molecule has 0 amide bonds. The van der Waals surface area contributed by atoms with Gasteiger partial charge >= 0.3 is 0 Å². The Balaban J connectivity index is 1.95. The summed E-state index contributed by atoms with van der Waals surface area (Å²) < 4.78 is 5.50. The average molecular weight is 534 g/mol. The maximum atomic E-state index is 10.5. The van der Waals surface area contributed by atoms with Gasteiger partial charge in [-0.15, -0.1) is 0 Å². The molecule has 0 radical (unpaired) electrons. The van der Waals surface area contributed by atoms with Crippen LogP contribution in [0.4, 0.5) is 0 Å². The summed E-state index contributed by atoms with van der Waals surface area (Å²) in [7, 11) is 3.41. The van der Waals surface area contributed by atoms with Gasteiger partial charge in [0.25, 0.3) is 0 Å². The Bertz CT molecular complexity index is 1000. The normalized spacial score (nSPS) is 13.7. The van der Waals surface area contributed by atoms with Gasteiger partial charge < -0.3 is 9.84 Å². The Morgan fingerprint density at radius 1 is 0.872 bits per heavy atom. The minimum Gasteiger partial charge on any atom is -0.508 e. The van der Waals surface area contributed by atoms with E-state index in [-0.39, 0.29) is 6.04 Å². The molecule has 0 saturated heterocycles. The summed E-state index contributed by atoms with van der Waals surface area (Å²) in [5.41, 5.74) is 1.65. The van der Waals surface area contributed by atoms with E-state index in [1.807, 2.05) is 36.4 Å². The average Bonchev–Trinajstić information content (AvgIpc) is 2.96. The summed E-state index contributed by atoms with van der Waals surface area (Å²) in [5.74, 6) is 1.10. The summed E-state index contributed by atoms with van der Waals surface area (Å²) in [5, 5.41) is 28.9. The molecule has 0 bridgehead atoms. The fraction of sp³-hybridized carbons (Fsp3) is 0.618. The van der Waals surface area contributed by atoms with Crippen molar-refractivity contribution in [3.8, 4) is 17.6 Å². The lowest BCUT2D eigenvalue weighted by atomic mass is 9.73. The number of nitrogens with zero attached hydrogens (tertiary/aromatic N) is 3. The quantitative estimate of drug-likeness (QED) is 0.128. The molecule has 0 fully saturated rings. The maximum Gasteiger partial charge on any atom is 0.119 e. The Morgan fingerprint density at radius 3 is 2.18 bits per heavy atom. The third kappa shape index (κ3) is 12.2. The van der Waals surface area contributed by atoms with Crippen molar-refractivity contribution in [3.05, 3.63) is 59.7 Å². The number of unbranched alkanes of at least 4 members (excludes halogenated alkanes) is 9. The third-order valence-corrected chi connectivity index (χ3v) is 7.89. The molecule has 1 N–H and O–H groups in total. The van der Waals surface area contributed by atoms with Gasteiger partial charge in [-0.1, -0.05) is 95.4 Å². The monoisotopic (exact) mass is 533 g/mol. The molecule has 2 atom stereocenters. The van der Waals surface area contributed by atoms with Crippen LogP contribution in [0.2, 0.25) is 0 Å². The first-order chi connectivity index (χ1) is 19.1. The molecule has 39 heavy (non-hydrogen) atoms. The highest BCUT2D eigenvalue weighted by Crippen LogP contribution is 2.37. The number of rotatable bonds is 21. The second-order valence-corrected chi connectivity index (χ2v) is 10.9. The lowest BCUT2D eigenvalue weighted by molar-refractivity contribution is 0.392. The standard InChI is InChI=1S/C34H51N3O2/c1-4-5-6-7-8-9-10-11-12-13-24-34(28-35,30-18-15-21-33(27-30)39-3)25-16-19-31(37-36-2)23-22-29-17-14-20-32(38)26-29/h14-15,17-18,20-21,26-27,31,38H,4-13,16,19,22-25H2,1-3H3/b37-36+. The highest BCUT2D eigenvalue weighted by molar-refractivity contribution is 5.38. The zero-order valence-electron chi connectivity index (χ0n) is 24.7. The molecule has 2 aromatic rings. The Hall–Kier alpha value is -2.87. The van der Waals surface area contributed by atoms with Crippen LogP contribution >= 0.6 is 0 Å². The minimum absolute atomic E-state index is 0.108. The fourth-order valence-corrected chi connectivity index (χ4v) is 5.53. The molecule has 2 unspecified atom stereocenters. The van der Waals surface area contributed by atoms with Crippen LogP contribution in [-0.4, -0.2) is 25.3 Å². The van der Waals surface area contributed by atoms with Gasteiger partial charge in [0.1, 0.15) is 11.5 Å². The Labute approximate surface area is 237 Å². The predicted molar refractivity (Wildman–Crippen MR) is 162 cm³/mol. The van der Waals surface area contributed by atoms with Crippen LogP contribution in [0.25, 0.3) is 0 Å². The summed E-state index contributed by atoms with van der Waals surface area (Å²) in [6.45, 7) is 2.26. The van der Waals surface area contributed by atoms with Crippen LogP contribution in [-0.2, 0) is 11.8 Å². The Kier molecular flexibility index (Phi) is 15.9. The van der Waals surface area contributed by atoms with Crippen LogP contribution in [0.1, 0.15) is 114 Å². The van der Waals surface area contributed by atoms with Crippen LogP contribution in [0.3, 0.4) is 0 Å². The molecule has 2 aromatic carbocycles. The van der Waals surface area contributed by atoms with Crippen molar-refractivity contribution in [2.45, 2.75) is 121 Å². The number of aromatic hydroxyl groups is 1. The van der Waals surface area contributed by atoms with E-state index >= 15 is 0 Å². The van der Waals surface area contributed by atoms with Crippen molar-refractivity contribution < 1.29 is 9.84 Å². The van der Waals surface area contributed by atoms with Gasteiger partial charge in [0.2, 0.25) is 0 Å². The molecule has 0 heterocycles. The summed E-state index contributed by atoms with van der Waals surface area (Å²) >= 11 is 0. The predicted octanol–water partition coefficient (Wildman–Crippen LogP) is 9.73. The lowest BCUT2D eigenvalue weighted by Crippen LogP contribution is -2.25. The van der Waals surface area contributed by atoms with Gasteiger partial charge in [0.15, 0.2) is 0 Å². The number of hydrogen-bond acceptors (Lipinski definition) is 5. The van der Waals surface area contributed by atoms with E-state index < -0.39 is 5.41 Å². The third-order valence-electron chi connectivity index (χ3n) is 7.89. The number of methoxy groups -OCH3 is 1. The largest absolute Gasteiger partial charge is 0.508 e. The molecule has 2 rings (SSSR count). The first-order valence-corrected chi connectivity index (χ1v) is 15.2. The molecule has 0 aromatic heterocycles. The zero-order chi connectivity index (χ0) is 28.2. The molecule has 0 aliphatic carbocycles. The summed E-state index contributed by atoms with van der Waals surface area (Å²) in [6.07, 6.45) is 18.1. The molecular formula is C34H51N3O2. The van der Waals surface area contributed by atoms with Gasteiger partial charge in [0, 0.05) is 7.05 Å². The van der Waals surface area contributed by atoms with E-state index in [0.29, 0.717) is 5.75 Å². The molecule has 5 nitrogen and oxygen atoms in total. The number of phenols is 1. The molecule has 0 aliphatic heterocycles. The van der Waals surface area contributed by atoms with E-state index in [9.17, 15) is 10.4 Å². The van der Waals surface area contributed by atoms with Crippen molar-refractivity contribution >= 4 is 0 Å². The van der Waals surface area contributed by atoms with E-state index in [0.717, 1.165) is 61.8 Å².